The van der Waals surface area contributed by atoms with Crippen LogP contribution in [0.1, 0.15) is 111 Å². The summed E-state index contributed by atoms with van der Waals surface area (Å²) < 4.78 is 0. The van der Waals surface area contributed by atoms with Crippen molar-refractivity contribution in [2.45, 2.75) is 154 Å². The maximum atomic E-state index is 14.1. The van der Waals surface area contributed by atoms with Gasteiger partial charge in [0.05, 0.1) is 12.6 Å². The molecule has 74 heavy (non-hydrogen) atoms. The standard InChI is InChI=1S/C49H84N16O9/c1-7-29(6)40(65-45(71)38(64-41(67)32(51)22-27(2)3)24-30-25-58-33-15-9-8-14-31(30)33)46(72)59-26-39(66)60-37(23-28(4)5)44(70)62-35(17-12-20-56-48(52)53)42(68)61-34(16-10-11-19-50)43(69)63-36(47(73)74)18-13-21-57-49(54)55/h8-9,14-15,25,27-29,32,34-38,40,58H,7,10-13,16-24,26,50-51H2,1-6H3,(H,59,72)(H,60,66)(H,61,68)(H,62,70)(H,63,69)(H,64,67)(H,65,71)(H,73,74)(H4,52,53,56)(H4,54,55,57)/t29-,32-,34-,35-,36-,37-,38-,40-/m0/s1. The molecule has 0 radical (unpaired) electrons. The normalized spacial score (nSPS) is 14.5. The number of fused-ring (bicyclic) bond motifs is 1. The SMILES string of the molecule is CC[C@H](C)[C@H](NC(=O)[C@H](Cc1c[nH]c2ccccc12)NC(=O)[C@@H](N)CC(C)C)C(=O)NCC(=O)N[C@@H](CC(C)C)C(=O)N[C@@H](CCCNC(=N)N)C(=O)N[C@@H](CCCCN)C(=O)N[C@@H](CCCNC(=N)N)C(=O)O. The number of guanidine groups is 2. The Morgan fingerprint density at radius 2 is 1.14 bits per heavy atom. The van der Waals surface area contributed by atoms with Gasteiger partial charge in [0.1, 0.15) is 36.3 Å². The minimum atomic E-state index is -1.34. The van der Waals surface area contributed by atoms with Crippen molar-refractivity contribution in [3.05, 3.63) is 36.0 Å². The van der Waals surface area contributed by atoms with E-state index < -0.39 is 102 Å². The predicted octanol–water partition coefficient (Wildman–Crippen LogP) is -1.06. The van der Waals surface area contributed by atoms with Crippen LogP contribution in [0.25, 0.3) is 10.9 Å². The molecule has 0 saturated carbocycles. The quantitative estimate of drug-likeness (QED) is 0.0222. The Kier molecular flexibility index (Phi) is 28.1. The third-order valence-corrected chi connectivity index (χ3v) is 12.2. The van der Waals surface area contributed by atoms with Gasteiger partial charge in [0.25, 0.3) is 0 Å². The zero-order valence-electron chi connectivity index (χ0n) is 43.8. The molecule has 0 aliphatic rings. The van der Waals surface area contributed by atoms with E-state index in [1.54, 1.807) is 13.1 Å². The number of aliphatic carboxylic acids is 1. The van der Waals surface area contributed by atoms with Crippen molar-refractivity contribution < 1.29 is 43.5 Å². The number of nitrogens with two attached hydrogens (primary N) is 4. The topological polar surface area (TPSA) is 433 Å². The van der Waals surface area contributed by atoms with Crippen LogP contribution >= 0.6 is 0 Å². The first kappa shape index (κ1) is 63.1. The molecule has 1 aromatic carbocycles. The third kappa shape index (κ3) is 23.2. The highest BCUT2D eigenvalue weighted by atomic mass is 16.4. The van der Waals surface area contributed by atoms with Crippen LogP contribution in [0, 0.1) is 28.6 Å². The summed E-state index contributed by atoms with van der Waals surface area (Å²) in [4.78, 5) is 112. The van der Waals surface area contributed by atoms with Gasteiger partial charge in [-0.05, 0) is 93.7 Å². The largest absolute Gasteiger partial charge is 0.480 e. The monoisotopic (exact) mass is 1040 g/mol. The number of hydrogen-bond donors (Lipinski definition) is 17. The molecule has 0 unspecified atom stereocenters. The number of benzene rings is 1. The Bertz CT molecular complexity index is 2190. The summed E-state index contributed by atoms with van der Waals surface area (Å²) in [5, 5.41) is 49.4. The third-order valence-electron chi connectivity index (χ3n) is 12.2. The molecule has 0 fully saturated rings. The van der Waals surface area contributed by atoms with Crippen molar-refractivity contribution in [1.29, 1.82) is 10.8 Å². The van der Waals surface area contributed by atoms with Gasteiger partial charge < -0.3 is 80.9 Å². The lowest BCUT2D eigenvalue weighted by Crippen LogP contribution is -2.59. The molecule has 21 N–H and O–H groups in total. The molecule has 1 heterocycles. The van der Waals surface area contributed by atoms with Gasteiger partial charge in [-0.3, -0.25) is 44.4 Å². The number of para-hydroxylation sites is 1. The highest BCUT2D eigenvalue weighted by Gasteiger charge is 2.34. The lowest BCUT2D eigenvalue weighted by molar-refractivity contribution is -0.142. The molecule has 0 saturated heterocycles. The van der Waals surface area contributed by atoms with E-state index >= 15 is 0 Å². The van der Waals surface area contributed by atoms with Crippen LogP contribution in [0.3, 0.4) is 0 Å². The maximum absolute atomic E-state index is 14.1. The number of carbonyl (C=O) groups excluding carboxylic acids is 7. The number of nitrogens with one attached hydrogen (secondary N) is 12. The van der Waals surface area contributed by atoms with Crippen molar-refractivity contribution in [3.8, 4) is 0 Å². The lowest BCUT2D eigenvalue weighted by Gasteiger charge is -2.28. The van der Waals surface area contributed by atoms with E-state index in [0.717, 1.165) is 16.5 Å². The summed E-state index contributed by atoms with van der Waals surface area (Å²) in [5.41, 5.74) is 24.2. The van der Waals surface area contributed by atoms with Crippen LogP contribution in [0.4, 0.5) is 0 Å². The van der Waals surface area contributed by atoms with E-state index in [-0.39, 0.29) is 88.3 Å². The average molecular weight is 1040 g/mol. The van der Waals surface area contributed by atoms with Gasteiger partial charge in [0.2, 0.25) is 41.4 Å². The molecule has 2 rings (SSSR count). The minimum absolute atomic E-state index is 0.0164. The molecule has 1 aromatic heterocycles. The fourth-order valence-corrected chi connectivity index (χ4v) is 7.97. The Morgan fingerprint density at radius 3 is 1.68 bits per heavy atom. The van der Waals surface area contributed by atoms with E-state index in [9.17, 15) is 43.5 Å². The number of carboxylic acid groups (broad SMARTS) is 1. The van der Waals surface area contributed by atoms with Crippen molar-refractivity contribution in [2.75, 3.05) is 26.2 Å². The Labute approximate surface area is 433 Å². The fraction of sp³-hybridized carbons (Fsp3) is 0.633. The highest BCUT2D eigenvalue weighted by Crippen LogP contribution is 2.20. The van der Waals surface area contributed by atoms with E-state index in [2.05, 4.69) is 52.8 Å². The van der Waals surface area contributed by atoms with Crippen molar-refractivity contribution in [2.24, 2.45) is 40.7 Å². The van der Waals surface area contributed by atoms with Crippen LogP contribution < -0.4 is 70.8 Å². The summed E-state index contributed by atoms with van der Waals surface area (Å²) in [6, 6.07) is -0.765. The highest BCUT2D eigenvalue weighted by molar-refractivity contribution is 5.97. The van der Waals surface area contributed by atoms with Gasteiger partial charge in [-0.15, -0.1) is 0 Å². The predicted molar refractivity (Wildman–Crippen MR) is 282 cm³/mol. The smallest absolute Gasteiger partial charge is 0.326 e. The fourth-order valence-electron chi connectivity index (χ4n) is 7.97. The van der Waals surface area contributed by atoms with Crippen LogP contribution in [-0.2, 0) is 44.8 Å². The van der Waals surface area contributed by atoms with Crippen molar-refractivity contribution in [1.82, 2.24) is 52.8 Å². The number of H-pyrrole nitrogens is 1. The molecule has 2 aromatic rings. The molecule has 0 bridgehead atoms. The van der Waals surface area contributed by atoms with E-state index in [1.807, 2.05) is 58.9 Å². The second kappa shape index (κ2) is 32.9. The number of unbranched alkanes of at least 4 members (excludes halogenated alkanes) is 1. The lowest BCUT2D eigenvalue weighted by atomic mass is 9.96. The number of rotatable bonds is 35. The zero-order chi connectivity index (χ0) is 55.5. The van der Waals surface area contributed by atoms with Gasteiger partial charge in [0.15, 0.2) is 11.9 Å². The van der Waals surface area contributed by atoms with E-state index in [4.69, 9.17) is 33.8 Å². The molecule has 0 aliphatic heterocycles. The molecular formula is C49H84N16O9. The number of carboxylic acids is 1. The van der Waals surface area contributed by atoms with Crippen LogP contribution in [0.2, 0.25) is 0 Å². The number of carbonyl (C=O) groups is 8. The average Bonchev–Trinajstić information content (AvgIpc) is 3.74. The van der Waals surface area contributed by atoms with Crippen LogP contribution in [-0.4, -0.2) is 138 Å². The molecule has 8 atom stereocenters. The first-order valence-corrected chi connectivity index (χ1v) is 25.5. The molecule has 7 amide bonds. The molecule has 0 aliphatic carbocycles. The van der Waals surface area contributed by atoms with Gasteiger partial charge in [-0.25, -0.2) is 4.79 Å². The van der Waals surface area contributed by atoms with Crippen LogP contribution in [0.5, 0.6) is 0 Å². The summed E-state index contributed by atoms with van der Waals surface area (Å²) in [7, 11) is 0. The second-order valence-corrected chi connectivity index (χ2v) is 19.5. The molecular weight excluding hydrogens is 957 g/mol. The molecule has 0 spiro atoms. The van der Waals surface area contributed by atoms with Crippen molar-refractivity contribution in [3.63, 3.8) is 0 Å². The number of hydrogen-bond acceptors (Lipinski definition) is 12. The number of amides is 7. The van der Waals surface area contributed by atoms with Gasteiger partial charge in [-0.2, -0.15) is 0 Å². The molecule has 25 heteroatoms. The summed E-state index contributed by atoms with van der Waals surface area (Å²) >= 11 is 0. The first-order chi connectivity index (χ1) is 35.0. The number of aromatic amines is 1. The zero-order valence-corrected chi connectivity index (χ0v) is 43.8. The van der Waals surface area contributed by atoms with Gasteiger partial charge >= 0.3 is 5.97 Å². The maximum Gasteiger partial charge on any atom is 0.326 e. The molecule has 25 nitrogen and oxygen atoms in total. The summed E-state index contributed by atoms with van der Waals surface area (Å²) in [5.74, 6) is -7.37. The van der Waals surface area contributed by atoms with E-state index in [0.29, 0.717) is 25.7 Å². The molecule has 414 valence electrons. The van der Waals surface area contributed by atoms with Crippen molar-refractivity contribution >= 4 is 70.1 Å². The number of aromatic nitrogens is 1. The second-order valence-electron chi connectivity index (χ2n) is 19.5. The van der Waals surface area contributed by atoms with E-state index in [1.165, 1.54) is 0 Å². The Morgan fingerprint density at radius 1 is 0.622 bits per heavy atom. The van der Waals surface area contributed by atoms with Gasteiger partial charge in [0, 0.05) is 36.6 Å². The summed E-state index contributed by atoms with van der Waals surface area (Å²) in [6.07, 6.45) is 4.12. The first-order valence-electron chi connectivity index (χ1n) is 25.5. The Hall–Kier alpha value is -7.02. The van der Waals surface area contributed by atoms with Gasteiger partial charge in [-0.1, -0.05) is 66.2 Å². The van der Waals surface area contributed by atoms with Crippen LogP contribution in [0.15, 0.2) is 30.5 Å². The summed E-state index contributed by atoms with van der Waals surface area (Å²) in [6.45, 7) is 11.1. The Balaban J connectivity index is 2.30. The minimum Gasteiger partial charge on any atom is -0.480 e.